The van der Waals surface area contributed by atoms with Gasteiger partial charge in [-0.2, -0.15) is 0 Å². The molecule has 2 aromatic rings. The summed E-state index contributed by atoms with van der Waals surface area (Å²) in [5, 5.41) is 0. The van der Waals surface area contributed by atoms with Crippen LogP contribution in [0.5, 0.6) is 0 Å². The summed E-state index contributed by atoms with van der Waals surface area (Å²) in [6.07, 6.45) is 2.94. The molecule has 3 aliphatic rings. The lowest BCUT2D eigenvalue weighted by Crippen LogP contribution is -2.44. The number of piperidine rings is 1. The number of hydrogen-bond acceptors (Lipinski definition) is 5. The van der Waals surface area contributed by atoms with Gasteiger partial charge >= 0.3 is 5.97 Å². The number of nitrogens with zero attached hydrogens (tertiary/aromatic N) is 3. The number of carbonyl (C=O) groups is 4. The predicted molar refractivity (Wildman–Crippen MR) is 133 cm³/mol. The Morgan fingerprint density at radius 2 is 1.81 bits per heavy atom. The number of hydrogen-bond donors (Lipinski definition) is 0. The molecule has 188 valence electrons. The van der Waals surface area contributed by atoms with E-state index in [1.807, 2.05) is 36.4 Å². The standard InChI is InChI=1S/C28H31N3O5/c1-2-36-28(35)21-10-6-14-29(18-21)25(32)20-9-5-8-19(16-20)17-31-23-12-4-3-11-22(23)26(33)30-15-7-13-24(30)27(31)34/h3-5,8-9,11-12,16,21,24H,2,6-7,10,13-15,17-18H2,1H3/t21-,24-/m0/s1. The van der Waals surface area contributed by atoms with Crippen molar-refractivity contribution in [3.63, 3.8) is 0 Å². The van der Waals surface area contributed by atoms with Gasteiger partial charge in [-0.3, -0.25) is 19.2 Å². The van der Waals surface area contributed by atoms with Crippen molar-refractivity contribution in [1.82, 2.24) is 9.80 Å². The topological polar surface area (TPSA) is 87.2 Å². The van der Waals surface area contributed by atoms with Crippen LogP contribution in [0.4, 0.5) is 5.69 Å². The van der Waals surface area contributed by atoms with Crippen LogP contribution < -0.4 is 4.90 Å². The third kappa shape index (κ3) is 4.47. The zero-order valence-corrected chi connectivity index (χ0v) is 20.5. The van der Waals surface area contributed by atoms with E-state index >= 15 is 0 Å². The summed E-state index contributed by atoms with van der Waals surface area (Å²) in [5.41, 5.74) is 2.46. The average Bonchev–Trinajstić information content (AvgIpc) is 3.38. The minimum absolute atomic E-state index is 0.0872. The van der Waals surface area contributed by atoms with E-state index < -0.39 is 6.04 Å². The minimum atomic E-state index is -0.456. The summed E-state index contributed by atoms with van der Waals surface area (Å²) in [6.45, 7) is 3.90. The molecule has 5 rings (SSSR count). The van der Waals surface area contributed by atoms with Crippen LogP contribution in [0.2, 0.25) is 0 Å². The molecule has 2 atom stereocenters. The molecular formula is C28H31N3O5. The number of para-hydroxylation sites is 1. The van der Waals surface area contributed by atoms with E-state index in [0.717, 1.165) is 24.8 Å². The van der Waals surface area contributed by atoms with Crippen LogP contribution in [0, 0.1) is 5.92 Å². The zero-order valence-electron chi connectivity index (χ0n) is 20.5. The van der Waals surface area contributed by atoms with Crippen molar-refractivity contribution < 1.29 is 23.9 Å². The zero-order chi connectivity index (χ0) is 25.2. The van der Waals surface area contributed by atoms with E-state index in [2.05, 4.69) is 0 Å². The van der Waals surface area contributed by atoms with E-state index in [-0.39, 0.29) is 36.2 Å². The highest BCUT2D eigenvalue weighted by Gasteiger charge is 2.41. The Hall–Kier alpha value is -3.68. The Kier molecular flexibility index (Phi) is 6.76. The molecule has 0 unspecified atom stereocenters. The van der Waals surface area contributed by atoms with Gasteiger partial charge in [0.2, 0.25) is 5.91 Å². The first-order valence-corrected chi connectivity index (χ1v) is 12.7. The first-order valence-electron chi connectivity index (χ1n) is 12.7. The molecule has 2 fully saturated rings. The molecule has 3 heterocycles. The third-order valence-electron chi connectivity index (χ3n) is 7.33. The van der Waals surface area contributed by atoms with Crippen LogP contribution in [0.25, 0.3) is 0 Å². The van der Waals surface area contributed by atoms with Crippen molar-refractivity contribution in [2.24, 2.45) is 5.92 Å². The number of ether oxygens (including phenoxy) is 1. The lowest BCUT2D eigenvalue weighted by atomic mass is 9.97. The average molecular weight is 490 g/mol. The maximum Gasteiger partial charge on any atom is 0.310 e. The summed E-state index contributed by atoms with van der Waals surface area (Å²) in [4.78, 5) is 57.4. The summed E-state index contributed by atoms with van der Waals surface area (Å²) in [6, 6.07) is 14.1. The SMILES string of the molecule is CCOC(=O)[C@H]1CCCN(C(=O)c2cccc(CN3C(=O)[C@@H]4CCCN4C(=O)c4ccccc43)c2)C1. The summed E-state index contributed by atoms with van der Waals surface area (Å²) >= 11 is 0. The number of carbonyl (C=O) groups excluding carboxylic acids is 4. The number of likely N-dealkylation sites (tertiary alicyclic amines) is 1. The monoisotopic (exact) mass is 489 g/mol. The number of anilines is 1. The maximum absolute atomic E-state index is 13.6. The van der Waals surface area contributed by atoms with Gasteiger partial charge < -0.3 is 19.4 Å². The lowest BCUT2D eigenvalue weighted by molar-refractivity contribution is -0.149. The van der Waals surface area contributed by atoms with E-state index in [4.69, 9.17) is 4.74 Å². The second-order valence-electron chi connectivity index (χ2n) is 9.64. The van der Waals surface area contributed by atoms with E-state index in [9.17, 15) is 19.2 Å². The van der Waals surface area contributed by atoms with Gasteiger partial charge in [-0.05, 0) is 62.4 Å². The van der Waals surface area contributed by atoms with Crippen molar-refractivity contribution in [3.8, 4) is 0 Å². The molecule has 8 heteroatoms. The number of fused-ring (bicyclic) bond motifs is 2. The Bertz CT molecular complexity index is 1200. The van der Waals surface area contributed by atoms with Gasteiger partial charge in [0, 0.05) is 25.2 Å². The molecule has 0 radical (unpaired) electrons. The summed E-state index contributed by atoms with van der Waals surface area (Å²) in [7, 11) is 0. The number of esters is 1. The quantitative estimate of drug-likeness (QED) is 0.602. The van der Waals surface area contributed by atoms with Crippen LogP contribution in [0.1, 0.15) is 58.9 Å². The molecule has 0 N–H and O–H groups in total. The molecule has 0 spiro atoms. The normalized spacial score (nSPS) is 21.6. The fourth-order valence-corrected chi connectivity index (χ4v) is 5.55. The van der Waals surface area contributed by atoms with Crippen molar-refractivity contribution in [2.45, 2.75) is 45.2 Å². The molecule has 2 saturated heterocycles. The van der Waals surface area contributed by atoms with Crippen LogP contribution >= 0.6 is 0 Å². The smallest absolute Gasteiger partial charge is 0.310 e. The summed E-state index contributed by atoms with van der Waals surface area (Å²) in [5.74, 6) is -0.878. The Morgan fingerprint density at radius 1 is 1.00 bits per heavy atom. The molecule has 8 nitrogen and oxygen atoms in total. The molecule has 0 aromatic heterocycles. The Balaban J connectivity index is 1.38. The number of rotatable bonds is 5. The predicted octanol–water partition coefficient (Wildman–Crippen LogP) is 3.25. The van der Waals surface area contributed by atoms with Gasteiger partial charge in [-0.1, -0.05) is 24.3 Å². The van der Waals surface area contributed by atoms with E-state index in [1.54, 1.807) is 33.8 Å². The van der Waals surface area contributed by atoms with Crippen molar-refractivity contribution in [1.29, 1.82) is 0 Å². The maximum atomic E-state index is 13.6. The molecule has 0 saturated carbocycles. The number of amides is 3. The van der Waals surface area contributed by atoms with Gasteiger partial charge in [0.1, 0.15) is 6.04 Å². The molecule has 2 aromatic carbocycles. The van der Waals surface area contributed by atoms with Crippen LogP contribution in [-0.2, 0) is 20.9 Å². The van der Waals surface area contributed by atoms with Crippen molar-refractivity contribution >= 4 is 29.4 Å². The van der Waals surface area contributed by atoms with Crippen LogP contribution in [0.3, 0.4) is 0 Å². The second-order valence-corrected chi connectivity index (χ2v) is 9.64. The van der Waals surface area contributed by atoms with Crippen LogP contribution in [0.15, 0.2) is 48.5 Å². The fourth-order valence-electron chi connectivity index (χ4n) is 5.55. The minimum Gasteiger partial charge on any atom is -0.466 e. The van der Waals surface area contributed by atoms with Gasteiger partial charge in [0.25, 0.3) is 11.8 Å². The Morgan fingerprint density at radius 3 is 2.64 bits per heavy atom. The molecular weight excluding hydrogens is 458 g/mol. The first kappa shape index (κ1) is 24.0. The van der Waals surface area contributed by atoms with Gasteiger partial charge in [-0.15, -0.1) is 0 Å². The largest absolute Gasteiger partial charge is 0.466 e. The van der Waals surface area contributed by atoms with Gasteiger partial charge in [0.05, 0.1) is 30.3 Å². The third-order valence-corrected chi connectivity index (χ3v) is 7.33. The molecule has 3 aliphatic heterocycles. The van der Waals surface area contributed by atoms with E-state index in [0.29, 0.717) is 49.5 Å². The Labute approximate surface area is 210 Å². The molecule has 3 amide bonds. The second kappa shape index (κ2) is 10.1. The fraction of sp³-hybridized carbons (Fsp3) is 0.429. The van der Waals surface area contributed by atoms with Gasteiger partial charge in [-0.25, -0.2) is 0 Å². The van der Waals surface area contributed by atoms with Crippen molar-refractivity contribution in [2.75, 3.05) is 31.1 Å². The van der Waals surface area contributed by atoms with E-state index in [1.165, 1.54) is 0 Å². The highest BCUT2D eigenvalue weighted by molar-refractivity contribution is 6.11. The first-order chi connectivity index (χ1) is 17.5. The van der Waals surface area contributed by atoms with Crippen molar-refractivity contribution in [3.05, 3.63) is 65.2 Å². The summed E-state index contributed by atoms with van der Waals surface area (Å²) < 4.78 is 5.16. The lowest BCUT2D eigenvalue weighted by Gasteiger charge is -2.31. The van der Waals surface area contributed by atoms with Crippen LogP contribution in [-0.4, -0.2) is 65.8 Å². The molecule has 36 heavy (non-hydrogen) atoms. The highest BCUT2D eigenvalue weighted by Crippen LogP contribution is 2.33. The molecule has 0 bridgehead atoms. The highest BCUT2D eigenvalue weighted by atomic mass is 16.5. The van der Waals surface area contributed by atoms with Gasteiger partial charge in [0.15, 0.2) is 0 Å². The number of benzene rings is 2. The molecule has 0 aliphatic carbocycles.